The first kappa shape index (κ1) is 17.5. The summed E-state index contributed by atoms with van der Waals surface area (Å²) in [6.45, 7) is 6.59. The Morgan fingerprint density at radius 3 is 2.64 bits per heavy atom. The van der Waals surface area contributed by atoms with Crippen LogP contribution in [0.2, 0.25) is 0 Å². The monoisotopic (exact) mass is 347 g/mol. The van der Waals surface area contributed by atoms with Gasteiger partial charge >= 0.3 is 5.97 Å². The number of rotatable bonds is 4. The van der Waals surface area contributed by atoms with Crippen molar-refractivity contribution in [2.24, 2.45) is 10.9 Å². The number of amidine groups is 1. The van der Waals surface area contributed by atoms with Gasteiger partial charge in [0.2, 0.25) is 0 Å². The molecule has 0 bridgehead atoms. The zero-order valence-electron chi connectivity index (χ0n) is 14.4. The predicted octanol–water partition coefficient (Wildman–Crippen LogP) is 1.51. The first-order valence-corrected chi connectivity index (χ1v) is 8.21. The normalized spacial score (nSPS) is 24.3. The van der Waals surface area contributed by atoms with Crippen LogP contribution in [0.1, 0.15) is 55.1 Å². The maximum Gasteiger partial charge on any atom is 0.338 e. The van der Waals surface area contributed by atoms with Crippen molar-refractivity contribution >= 4 is 17.7 Å². The van der Waals surface area contributed by atoms with Crippen molar-refractivity contribution in [3.05, 3.63) is 29.1 Å². The Hall–Kier alpha value is -2.32. The average Bonchev–Trinajstić information content (AvgIpc) is 2.91. The van der Waals surface area contributed by atoms with Crippen molar-refractivity contribution in [2.75, 3.05) is 13.2 Å². The van der Waals surface area contributed by atoms with Crippen LogP contribution in [-0.2, 0) is 14.3 Å². The fourth-order valence-electron chi connectivity index (χ4n) is 2.69. The minimum atomic E-state index is -1.16. The van der Waals surface area contributed by atoms with Gasteiger partial charge in [0.15, 0.2) is 12.1 Å². The van der Waals surface area contributed by atoms with Gasteiger partial charge < -0.3 is 19.9 Å². The second kappa shape index (κ2) is 6.53. The van der Waals surface area contributed by atoms with E-state index in [0.717, 1.165) is 6.42 Å². The molecule has 2 aliphatic heterocycles. The Balaban J connectivity index is 1.99. The van der Waals surface area contributed by atoms with Crippen LogP contribution >= 0.6 is 0 Å². The number of carbonyl (C=O) groups excluding carboxylic acids is 1. The summed E-state index contributed by atoms with van der Waals surface area (Å²) in [5.41, 5.74) is -0.342. The van der Waals surface area contributed by atoms with E-state index in [1.807, 2.05) is 13.8 Å². The Labute approximate surface area is 145 Å². The summed E-state index contributed by atoms with van der Waals surface area (Å²) < 4.78 is 11.0. The number of hydrogen-bond donors (Lipinski definition) is 2. The molecule has 3 rings (SSSR count). The largest absolute Gasteiger partial charge is 0.478 e. The Bertz CT molecular complexity index is 740. The maximum atomic E-state index is 12.3. The van der Waals surface area contributed by atoms with Gasteiger partial charge in [0.05, 0.1) is 18.8 Å². The lowest BCUT2D eigenvalue weighted by atomic mass is 9.89. The smallest absolute Gasteiger partial charge is 0.338 e. The third kappa shape index (κ3) is 3.14. The Morgan fingerprint density at radius 1 is 1.40 bits per heavy atom. The topological polar surface area (TPSA) is 110 Å². The van der Waals surface area contributed by atoms with Crippen LogP contribution in [0, 0.1) is 5.92 Å². The van der Waals surface area contributed by atoms with Crippen molar-refractivity contribution in [1.82, 2.24) is 10.3 Å². The molecule has 0 saturated carbocycles. The van der Waals surface area contributed by atoms with Gasteiger partial charge in [-0.3, -0.25) is 9.78 Å². The first-order valence-electron chi connectivity index (χ1n) is 8.21. The van der Waals surface area contributed by atoms with Crippen LogP contribution in [0.5, 0.6) is 0 Å². The summed E-state index contributed by atoms with van der Waals surface area (Å²) in [6, 6.07) is 1.46. The van der Waals surface area contributed by atoms with E-state index in [-0.39, 0.29) is 28.9 Å². The molecular formula is C17H21N3O5. The molecule has 3 heterocycles. The van der Waals surface area contributed by atoms with E-state index < -0.39 is 17.8 Å². The molecule has 1 aromatic rings. The molecule has 8 nitrogen and oxygen atoms in total. The zero-order valence-corrected chi connectivity index (χ0v) is 14.4. The van der Waals surface area contributed by atoms with Crippen molar-refractivity contribution in [3.63, 3.8) is 0 Å². The number of nitrogens with zero attached hydrogens (tertiary/aromatic N) is 2. The highest BCUT2D eigenvalue weighted by Gasteiger charge is 2.43. The van der Waals surface area contributed by atoms with Crippen molar-refractivity contribution < 1.29 is 24.2 Å². The van der Waals surface area contributed by atoms with E-state index in [0.29, 0.717) is 18.8 Å². The summed E-state index contributed by atoms with van der Waals surface area (Å²) >= 11 is 0. The number of aromatic carboxylic acids is 1. The minimum absolute atomic E-state index is 0.0402. The number of carboxylic acids is 1. The Morgan fingerprint density at radius 2 is 2.08 bits per heavy atom. The number of hydrogen-bond acceptors (Lipinski definition) is 6. The average molecular weight is 347 g/mol. The van der Waals surface area contributed by atoms with Crippen LogP contribution in [0.3, 0.4) is 0 Å². The highest BCUT2D eigenvalue weighted by molar-refractivity contribution is 6.17. The quantitative estimate of drug-likeness (QED) is 0.854. The fraction of sp³-hybridized carbons (Fsp3) is 0.529. The molecular weight excluding hydrogens is 326 g/mol. The number of carbonyl (C=O) groups is 2. The Kier molecular flexibility index (Phi) is 4.57. The zero-order chi connectivity index (χ0) is 18.2. The molecule has 1 aromatic heterocycles. The van der Waals surface area contributed by atoms with Crippen molar-refractivity contribution in [1.29, 1.82) is 0 Å². The predicted molar refractivity (Wildman–Crippen MR) is 88.4 cm³/mol. The standard InChI is InChI=1S/C17H21N3O5/c1-9(2)17(3)16(23)19-13(20-17)12-11(14(21)22)7-10(8-18-12)15-24-5-4-6-25-15/h7-9,15H,4-6H2,1-3H3,(H,21,22)(H,19,20,23). The number of carboxylic acid groups (broad SMARTS) is 1. The summed E-state index contributed by atoms with van der Waals surface area (Å²) in [4.78, 5) is 32.6. The van der Waals surface area contributed by atoms with Gasteiger partial charge in [0.25, 0.3) is 5.91 Å². The molecule has 25 heavy (non-hydrogen) atoms. The molecule has 1 fully saturated rings. The lowest BCUT2D eigenvalue weighted by Gasteiger charge is -2.23. The van der Waals surface area contributed by atoms with E-state index in [9.17, 15) is 14.7 Å². The summed E-state index contributed by atoms with van der Waals surface area (Å²) in [5, 5.41) is 12.2. The van der Waals surface area contributed by atoms with E-state index in [4.69, 9.17) is 9.47 Å². The van der Waals surface area contributed by atoms with Crippen LogP contribution < -0.4 is 5.32 Å². The van der Waals surface area contributed by atoms with Crippen LogP contribution in [-0.4, -0.2) is 46.6 Å². The molecule has 0 aromatic carbocycles. The fourth-order valence-corrected chi connectivity index (χ4v) is 2.69. The van der Waals surface area contributed by atoms with Crippen molar-refractivity contribution in [3.8, 4) is 0 Å². The second-order valence-electron chi connectivity index (χ2n) is 6.61. The molecule has 0 aliphatic carbocycles. The maximum absolute atomic E-state index is 12.3. The number of aliphatic imine (C=N–C) groups is 1. The lowest BCUT2D eigenvalue weighted by Crippen LogP contribution is -2.41. The number of amides is 1. The number of pyridine rings is 1. The number of ether oxygens (including phenoxy) is 2. The molecule has 0 radical (unpaired) electrons. The van der Waals surface area contributed by atoms with Crippen LogP contribution in [0.25, 0.3) is 0 Å². The molecule has 0 spiro atoms. The van der Waals surface area contributed by atoms with Gasteiger partial charge in [-0.15, -0.1) is 0 Å². The summed E-state index contributed by atoms with van der Waals surface area (Å²) in [6.07, 6.45) is 1.66. The van der Waals surface area contributed by atoms with Gasteiger partial charge in [0, 0.05) is 11.8 Å². The molecule has 1 unspecified atom stereocenters. The van der Waals surface area contributed by atoms with Crippen molar-refractivity contribution in [2.45, 2.75) is 39.0 Å². The van der Waals surface area contributed by atoms with Crippen LogP contribution in [0.4, 0.5) is 0 Å². The van der Waals surface area contributed by atoms with E-state index in [1.165, 1.54) is 12.3 Å². The van der Waals surface area contributed by atoms with Gasteiger partial charge in [-0.25, -0.2) is 9.79 Å². The molecule has 2 aliphatic rings. The first-order chi connectivity index (χ1) is 11.8. The number of aromatic nitrogens is 1. The highest BCUT2D eigenvalue weighted by atomic mass is 16.7. The lowest BCUT2D eigenvalue weighted by molar-refractivity contribution is -0.183. The minimum Gasteiger partial charge on any atom is -0.478 e. The second-order valence-corrected chi connectivity index (χ2v) is 6.61. The molecule has 1 saturated heterocycles. The number of nitrogens with one attached hydrogen (secondary N) is 1. The van der Waals surface area contributed by atoms with E-state index in [1.54, 1.807) is 6.92 Å². The van der Waals surface area contributed by atoms with Gasteiger partial charge in [0.1, 0.15) is 11.2 Å². The third-order valence-corrected chi connectivity index (χ3v) is 4.62. The summed E-state index contributed by atoms with van der Waals surface area (Å²) in [7, 11) is 0. The SMILES string of the molecule is CC(C)C1(C)N=C(c2ncc(C3OCCCO3)cc2C(=O)O)NC1=O. The molecule has 2 N–H and O–H groups in total. The third-order valence-electron chi connectivity index (χ3n) is 4.62. The molecule has 134 valence electrons. The highest BCUT2D eigenvalue weighted by Crippen LogP contribution is 2.28. The van der Waals surface area contributed by atoms with Crippen LogP contribution in [0.15, 0.2) is 17.3 Å². The molecule has 1 atom stereocenters. The van der Waals surface area contributed by atoms with E-state index >= 15 is 0 Å². The molecule has 8 heteroatoms. The van der Waals surface area contributed by atoms with E-state index in [2.05, 4.69) is 15.3 Å². The summed E-state index contributed by atoms with van der Waals surface area (Å²) in [5.74, 6) is -1.29. The molecule has 1 amide bonds. The van der Waals surface area contributed by atoms with Gasteiger partial charge in [-0.1, -0.05) is 13.8 Å². The van der Waals surface area contributed by atoms with Gasteiger partial charge in [-0.05, 0) is 25.3 Å². The van der Waals surface area contributed by atoms with Gasteiger partial charge in [-0.2, -0.15) is 0 Å².